The Hall–Kier alpha value is -1.10. The van der Waals surface area contributed by atoms with Crippen LogP contribution in [0.15, 0.2) is 0 Å². The molecule has 2 heterocycles. The fourth-order valence-electron chi connectivity index (χ4n) is 3.06. The minimum absolute atomic E-state index is 0.0247. The molecule has 0 aliphatic carbocycles. The molecule has 2 aliphatic heterocycles. The zero-order valence-corrected chi connectivity index (χ0v) is 11.7. The monoisotopic (exact) mass is 268 g/mol. The van der Waals surface area contributed by atoms with Crippen molar-refractivity contribution in [3.05, 3.63) is 0 Å². The lowest BCUT2D eigenvalue weighted by molar-refractivity contribution is -0.141. The largest absolute Gasteiger partial charge is 0.396 e. The van der Waals surface area contributed by atoms with Crippen molar-refractivity contribution < 1.29 is 14.7 Å². The first-order chi connectivity index (χ1) is 9.11. The quantitative estimate of drug-likeness (QED) is 0.792. The van der Waals surface area contributed by atoms with Crippen LogP contribution >= 0.6 is 0 Å². The Morgan fingerprint density at radius 3 is 2.37 bits per heavy atom. The number of carbonyl (C=O) groups excluding carboxylic acids is 2. The summed E-state index contributed by atoms with van der Waals surface area (Å²) in [7, 11) is 0. The van der Waals surface area contributed by atoms with E-state index in [4.69, 9.17) is 5.11 Å². The predicted molar refractivity (Wildman–Crippen MR) is 71.4 cm³/mol. The lowest BCUT2D eigenvalue weighted by Crippen LogP contribution is -2.48. The molecule has 2 aliphatic rings. The van der Waals surface area contributed by atoms with Crippen LogP contribution in [0.2, 0.25) is 0 Å². The molecule has 1 N–H and O–H groups in total. The van der Waals surface area contributed by atoms with Gasteiger partial charge < -0.3 is 14.9 Å². The van der Waals surface area contributed by atoms with E-state index in [9.17, 15) is 9.59 Å². The number of hydrogen-bond donors (Lipinski definition) is 1. The van der Waals surface area contributed by atoms with Gasteiger partial charge in [-0.2, -0.15) is 0 Å². The zero-order valence-electron chi connectivity index (χ0n) is 11.7. The van der Waals surface area contributed by atoms with E-state index in [1.807, 2.05) is 4.90 Å². The van der Waals surface area contributed by atoms with E-state index in [2.05, 4.69) is 0 Å². The van der Waals surface area contributed by atoms with Crippen LogP contribution in [0.25, 0.3) is 0 Å². The molecule has 2 saturated heterocycles. The van der Waals surface area contributed by atoms with E-state index < -0.39 is 0 Å². The van der Waals surface area contributed by atoms with Crippen molar-refractivity contribution >= 4 is 11.8 Å². The summed E-state index contributed by atoms with van der Waals surface area (Å²) in [5, 5.41) is 9.11. The van der Waals surface area contributed by atoms with Gasteiger partial charge in [0.15, 0.2) is 0 Å². The van der Waals surface area contributed by atoms with Crippen molar-refractivity contribution in [3.8, 4) is 0 Å². The third kappa shape index (κ3) is 3.47. The maximum Gasteiger partial charge on any atom is 0.227 e. The molecule has 0 aromatic heterocycles. The molecule has 5 heteroatoms. The average molecular weight is 268 g/mol. The first-order valence-corrected chi connectivity index (χ1v) is 7.27. The van der Waals surface area contributed by atoms with E-state index in [0.717, 1.165) is 45.3 Å². The molecule has 5 nitrogen and oxygen atoms in total. The van der Waals surface area contributed by atoms with Gasteiger partial charge in [0.1, 0.15) is 0 Å². The molecule has 2 rings (SSSR count). The van der Waals surface area contributed by atoms with Crippen LogP contribution in [-0.4, -0.2) is 59.5 Å². The van der Waals surface area contributed by atoms with Crippen molar-refractivity contribution in [1.29, 1.82) is 0 Å². The maximum atomic E-state index is 12.4. The van der Waals surface area contributed by atoms with Gasteiger partial charge in [-0.05, 0) is 31.6 Å². The standard InChI is InChI=1S/C14H24N2O3/c1-11(18)16-6-2-3-13(9-16)14(19)15-7-4-12(10-17)5-8-15/h12-13,17H,2-10H2,1H3. The van der Waals surface area contributed by atoms with Crippen LogP contribution < -0.4 is 0 Å². The molecule has 108 valence electrons. The van der Waals surface area contributed by atoms with Crippen molar-refractivity contribution in [2.24, 2.45) is 11.8 Å². The fourth-order valence-corrected chi connectivity index (χ4v) is 3.06. The van der Waals surface area contributed by atoms with Crippen LogP contribution in [0.5, 0.6) is 0 Å². The zero-order chi connectivity index (χ0) is 13.8. The summed E-state index contributed by atoms with van der Waals surface area (Å²) in [6.45, 7) is 4.66. The number of hydrogen-bond acceptors (Lipinski definition) is 3. The van der Waals surface area contributed by atoms with Crippen LogP contribution in [0.1, 0.15) is 32.6 Å². The molecule has 19 heavy (non-hydrogen) atoms. The molecule has 0 aromatic carbocycles. The van der Waals surface area contributed by atoms with Crippen molar-refractivity contribution in [2.75, 3.05) is 32.8 Å². The van der Waals surface area contributed by atoms with Crippen LogP contribution in [-0.2, 0) is 9.59 Å². The van der Waals surface area contributed by atoms with Gasteiger partial charge in [0, 0.05) is 39.7 Å². The molecular formula is C14H24N2O3. The van der Waals surface area contributed by atoms with E-state index in [1.54, 1.807) is 11.8 Å². The minimum atomic E-state index is -0.0247. The maximum absolute atomic E-state index is 12.4. The van der Waals surface area contributed by atoms with Crippen LogP contribution in [0, 0.1) is 11.8 Å². The van der Waals surface area contributed by atoms with E-state index >= 15 is 0 Å². The lowest BCUT2D eigenvalue weighted by atomic mass is 9.93. The van der Waals surface area contributed by atoms with Gasteiger partial charge in [-0.25, -0.2) is 0 Å². The molecule has 2 amide bonds. The topological polar surface area (TPSA) is 60.9 Å². The molecule has 1 atom stereocenters. The summed E-state index contributed by atoms with van der Waals surface area (Å²) in [6.07, 6.45) is 3.60. The molecule has 2 fully saturated rings. The molecular weight excluding hydrogens is 244 g/mol. The van der Waals surface area contributed by atoms with E-state index in [0.29, 0.717) is 12.5 Å². The van der Waals surface area contributed by atoms with Gasteiger partial charge >= 0.3 is 0 Å². The normalized spacial score (nSPS) is 25.5. The Bertz CT molecular complexity index is 338. The summed E-state index contributed by atoms with van der Waals surface area (Å²) in [5.74, 6) is 0.589. The lowest BCUT2D eigenvalue weighted by Gasteiger charge is -2.37. The van der Waals surface area contributed by atoms with Crippen molar-refractivity contribution in [2.45, 2.75) is 32.6 Å². The van der Waals surface area contributed by atoms with E-state index in [-0.39, 0.29) is 24.3 Å². The van der Waals surface area contributed by atoms with Crippen molar-refractivity contribution in [3.63, 3.8) is 0 Å². The number of piperidine rings is 2. The third-order valence-electron chi connectivity index (χ3n) is 4.40. The first-order valence-electron chi connectivity index (χ1n) is 7.27. The second kappa shape index (κ2) is 6.37. The number of nitrogens with zero attached hydrogens (tertiary/aromatic N) is 2. The van der Waals surface area contributed by atoms with Gasteiger partial charge in [-0.1, -0.05) is 0 Å². The molecule has 0 saturated carbocycles. The molecule has 1 unspecified atom stereocenters. The number of aliphatic hydroxyl groups excluding tert-OH is 1. The molecule has 0 radical (unpaired) electrons. The van der Waals surface area contributed by atoms with Gasteiger partial charge in [0.2, 0.25) is 11.8 Å². The van der Waals surface area contributed by atoms with Gasteiger partial charge in [-0.3, -0.25) is 9.59 Å². The Labute approximate surface area is 114 Å². The average Bonchev–Trinajstić information content (AvgIpc) is 2.46. The number of likely N-dealkylation sites (tertiary alicyclic amines) is 2. The smallest absolute Gasteiger partial charge is 0.227 e. The predicted octanol–water partition coefficient (Wildman–Crippen LogP) is 0.476. The summed E-state index contributed by atoms with van der Waals surface area (Å²) in [6, 6.07) is 0. The molecule has 0 aromatic rings. The SMILES string of the molecule is CC(=O)N1CCCC(C(=O)N2CCC(CO)CC2)C1. The van der Waals surface area contributed by atoms with E-state index in [1.165, 1.54) is 0 Å². The van der Waals surface area contributed by atoms with Crippen LogP contribution in [0.3, 0.4) is 0 Å². The minimum Gasteiger partial charge on any atom is -0.396 e. The second-order valence-electron chi connectivity index (χ2n) is 5.76. The third-order valence-corrected chi connectivity index (χ3v) is 4.40. The molecule has 0 bridgehead atoms. The van der Waals surface area contributed by atoms with Gasteiger partial charge in [0.05, 0.1) is 5.92 Å². The Balaban J connectivity index is 1.87. The Kier molecular flexibility index (Phi) is 4.80. The van der Waals surface area contributed by atoms with Gasteiger partial charge in [0.25, 0.3) is 0 Å². The summed E-state index contributed by atoms with van der Waals surface area (Å²) < 4.78 is 0. The number of carbonyl (C=O) groups is 2. The number of aliphatic hydroxyl groups is 1. The fraction of sp³-hybridized carbons (Fsp3) is 0.857. The summed E-state index contributed by atoms with van der Waals surface area (Å²) in [5.41, 5.74) is 0. The highest BCUT2D eigenvalue weighted by Gasteiger charge is 2.31. The Morgan fingerprint density at radius 1 is 1.11 bits per heavy atom. The first kappa shape index (κ1) is 14.3. The number of amides is 2. The summed E-state index contributed by atoms with van der Waals surface area (Å²) in [4.78, 5) is 27.5. The highest BCUT2D eigenvalue weighted by atomic mass is 16.3. The van der Waals surface area contributed by atoms with Gasteiger partial charge in [-0.15, -0.1) is 0 Å². The molecule has 0 spiro atoms. The Morgan fingerprint density at radius 2 is 1.79 bits per heavy atom. The number of rotatable bonds is 2. The van der Waals surface area contributed by atoms with Crippen molar-refractivity contribution in [1.82, 2.24) is 9.80 Å². The van der Waals surface area contributed by atoms with Crippen LogP contribution in [0.4, 0.5) is 0 Å². The highest BCUT2D eigenvalue weighted by molar-refractivity contribution is 5.80. The highest BCUT2D eigenvalue weighted by Crippen LogP contribution is 2.23. The second-order valence-corrected chi connectivity index (χ2v) is 5.76. The summed E-state index contributed by atoms with van der Waals surface area (Å²) >= 11 is 0.